The molecular weight excluding hydrogens is 801 g/mol. The molecule has 2 aromatic rings. The average Bonchev–Trinajstić information content (AvgIpc) is 3.87. The second-order valence-corrected chi connectivity index (χ2v) is 18.6. The van der Waals surface area contributed by atoms with Gasteiger partial charge in [-0.3, -0.25) is 14.4 Å². The molecule has 2 heterocycles. The van der Waals surface area contributed by atoms with E-state index in [0.29, 0.717) is 13.1 Å². The van der Waals surface area contributed by atoms with Gasteiger partial charge in [0.15, 0.2) is 11.6 Å². The summed E-state index contributed by atoms with van der Waals surface area (Å²) in [5, 5.41) is 17.2. The number of benzene rings is 2. The minimum atomic E-state index is -1.04. The van der Waals surface area contributed by atoms with E-state index in [1.807, 2.05) is 49.1 Å². The zero-order valence-corrected chi connectivity index (χ0v) is 39.7. The van der Waals surface area contributed by atoms with Gasteiger partial charge in [-0.25, -0.2) is 14.4 Å². The molecule has 13 heteroatoms. The molecule has 2 aliphatic heterocycles. The Hall–Kier alpha value is -5.30. The van der Waals surface area contributed by atoms with Crippen LogP contribution in [0.4, 0.5) is 9.59 Å². The molecule has 13 nitrogen and oxygen atoms in total. The van der Waals surface area contributed by atoms with Crippen LogP contribution in [0, 0.1) is 23.7 Å². The highest BCUT2D eigenvalue weighted by atomic mass is 16.6. The number of ketones is 2. The molecule has 0 spiro atoms. The van der Waals surface area contributed by atoms with Crippen molar-refractivity contribution in [3.05, 3.63) is 95.1 Å². The van der Waals surface area contributed by atoms with Gasteiger partial charge in [0.1, 0.15) is 11.2 Å². The van der Waals surface area contributed by atoms with Crippen LogP contribution in [0.15, 0.2) is 72.8 Å². The van der Waals surface area contributed by atoms with Crippen LogP contribution in [0.25, 0.3) is 0 Å². The Balaban J connectivity index is 0.000000370. The van der Waals surface area contributed by atoms with Gasteiger partial charge in [-0.05, 0) is 107 Å². The van der Waals surface area contributed by atoms with Crippen molar-refractivity contribution in [1.82, 2.24) is 20.9 Å². The number of alkyl carbamates (subject to hydrolysis) is 2. The van der Waals surface area contributed by atoms with E-state index in [1.165, 1.54) is 22.3 Å². The van der Waals surface area contributed by atoms with Gasteiger partial charge in [0.2, 0.25) is 5.91 Å². The summed E-state index contributed by atoms with van der Waals surface area (Å²) in [6.45, 7) is 25.3. The van der Waals surface area contributed by atoms with E-state index < -0.39 is 41.4 Å². The SMILES string of the molecule is CC[C@H](C)[C@@H](/C=C/C(=O)N1Cc2ccccc2C1)CC(=O)[C@H](C)NC(=O)OC(C)(C)C.CC[C@H](C)[C@@H](/C=C/C(=O)O)CC(=O)[C@H](C)NC(=O)OC(C)(C)C.c1ccc2c(c1)CNC2. The molecule has 0 aromatic heterocycles. The maximum Gasteiger partial charge on any atom is 0.408 e. The van der Waals surface area contributed by atoms with E-state index in [9.17, 15) is 28.8 Å². The van der Waals surface area contributed by atoms with Crippen molar-refractivity contribution in [2.75, 3.05) is 0 Å². The van der Waals surface area contributed by atoms with Crippen molar-refractivity contribution in [1.29, 1.82) is 0 Å². The number of aliphatic carboxylic acids is 1. The third-order valence-electron chi connectivity index (χ3n) is 10.9. The quantitative estimate of drug-likeness (QED) is 0.119. The minimum Gasteiger partial charge on any atom is -0.478 e. The largest absolute Gasteiger partial charge is 0.478 e. The lowest BCUT2D eigenvalue weighted by Crippen LogP contribution is -2.42. The fourth-order valence-corrected chi connectivity index (χ4v) is 6.71. The van der Waals surface area contributed by atoms with E-state index >= 15 is 0 Å². The number of hydrogen-bond donors (Lipinski definition) is 4. The number of carbonyl (C=O) groups excluding carboxylic acids is 5. The summed E-state index contributed by atoms with van der Waals surface area (Å²) >= 11 is 0. The molecule has 0 saturated heterocycles. The van der Waals surface area contributed by atoms with E-state index in [0.717, 1.165) is 32.0 Å². The molecule has 348 valence electrons. The first-order chi connectivity index (χ1) is 29.4. The normalized spacial score (nSPS) is 16.1. The molecule has 0 radical (unpaired) electrons. The van der Waals surface area contributed by atoms with Crippen LogP contribution in [-0.2, 0) is 54.8 Å². The molecule has 2 aromatic carbocycles. The number of carboxylic acid groups (broad SMARTS) is 1. The van der Waals surface area contributed by atoms with Crippen molar-refractivity contribution in [2.24, 2.45) is 23.7 Å². The van der Waals surface area contributed by atoms with Gasteiger partial charge in [-0.1, -0.05) is 101 Å². The Labute approximate surface area is 375 Å². The van der Waals surface area contributed by atoms with Gasteiger partial charge in [0, 0.05) is 45.1 Å². The number of amides is 3. The van der Waals surface area contributed by atoms with Gasteiger partial charge in [-0.2, -0.15) is 0 Å². The van der Waals surface area contributed by atoms with Crippen molar-refractivity contribution in [2.45, 2.75) is 158 Å². The number of hydrogen-bond acceptors (Lipinski definition) is 9. The fraction of sp³-hybridized carbons (Fsp3) is 0.560. The monoisotopic (exact) mass is 875 g/mol. The smallest absolute Gasteiger partial charge is 0.408 e. The fourth-order valence-electron chi connectivity index (χ4n) is 6.71. The highest BCUT2D eigenvalue weighted by molar-refractivity contribution is 5.89. The number of allylic oxidation sites excluding steroid dienone is 2. The number of ether oxygens (including phenoxy) is 2. The Kier molecular flexibility index (Phi) is 22.0. The summed E-state index contributed by atoms with van der Waals surface area (Å²) in [6, 6.07) is 15.3. The first kappa shape index (κ1) is 53.8. The predicted molar refractivity (Wildman–Crippen MR) is 246 cm³/mol. The number of Topliss-reactive ketones (excluding diaryl/α,β-unsaturated/α-hetero) is 2. The van der Waals surface area contributed by atoms with Gasteiger partial charge in [0.05, 0.1) is 12.1 Å². The van der Waals surface area contributed by atoms with Gasteiger partial charge < -0.3 is 35.4 Å². The molecule has 0 aliphatic carbocycles. The molecular formula is C50H74N4O9. The number of carboxylic acids is 1. The molecule has 4 rings (SSSR count). The number of rotatable bonds is 16. The van der Waals surface area contributed by atoms with Crippen LogP contribution in [0.5, 0.6) is 0 Å². The summed E-state index contributed by atoms with van der Waals surface area (Å²) in [7, 11) is 0. The van der Waals surface area contributed by atoms with Crippen LogP contribution in [0.3, 0.4) is 0 Å². The molecule has 3 amide bonds. The third kappa shape index (κ3) is 20.6. The topological polar surface area (TPSA) is 180 Å². The summed E-state index contributed by atoms with van der Waals surface area (Å²) < 4.78 is 10.3. The lowest BCUT2D eigenvalue weighted by Gasteiger charge is -2.23. The number of nitrogens with one attached hydrogen (secondary N) is 3. The standard InChI is InChI=1S/C25H36N2O4.C17H29NO5.C8H9N/c1-7-17(2)19(14-22(28)18(3)26-24(30)31-25(4,5)6)12-13-23(29)27-15-20-10-8-9-11-21(20)16-27;1-7-11(2)13(8-9-15(20)21)10-14(19)12(3)18-16(22)23-17(4,5)6;1-2-4-8-6-9-5-7(8)3-1/h8-13,17-19H,7,14-16H2,1-6H3,(H,26,30);8-9,11-13H,7,10H2,1-6H3,(H,18,22)(H,20,21);1-4,9H,5-6H2/b13-12+;9-8+;/t17-,18-,19-;11-,12-,13-;/m00./s1. The molecule has 2 aliphatic rings. The number of nitrogens with zero attached hydrogens (tertiary/aromatic N) is 1. The minimum absolute atomic E-state index is 0.0446. The Morgan fingerprint density at radius 1 is 0.651 bits per heavy atom. The van der Waals surface area contributed by atoms with E-state index in [4.69, 9.17) is 14.6 Å². The van der Waals surface area contributed by atoms with Crippen molar-refractivity contribution < 1.29 is 43.3 Å². The van der Waals surface area contributed by atoms with E-state index in [1.54, 1.807) is 67.5 Å². The number of carbonyl (C=O) groups is 6. The molecule has 4 N–H and O–H groups in total. The Morgan fingerprint density at radius 3 is 1.37 bits per heavy atom. The van der Waals surface area contributed by atoms with E-state index in [-0.39, 0.29) is 54.0 Å². The Morgan fingerprint density at radius 2 is 1.02 bits per heavy atom. The summed E-state index contributed by atoms with van der Waals surface area (Å²) in [4.78, 5) is 73.8. The lowest BCUT2D eigenvalue weighted by molar-refractivity contribution is -0.131. The third-order valence-corrected chi connectivity index (χ3v) is 10.9. The molecule has 6 atom stereocenters. The molecule has 0 saturated carbocycles. The van der Waals surface area contributed by atoms with Crippen molar-refractivity contribution in [3.8, 4) is 0 Å². The average molecular weight is 875 g/mol. The van der Waals surface area contributed by atoms with Gasteiger partial charge in [0.25, 0.3) is 0 Å². The van der Waals surface area contributed by atoms with Crippen molar-refractivity contribution in [3.63, 3.8) is 0 Å². The van der Waals surface area contributed by atoms with Crippen molar-refractivity contribution >= 4 is 35.6 Å². The first-order valence-electron chi connectivity index (χ1n) is 22.2. The van der Waals surface area contributed by atoms with Crippen LogP contribution < -0.4 is 16.0 Å². The van der Waals surface area contributed by atoms with Crippen LogP contribution in [0.1, 0.15) is 131 Å². The second kappa shape index (κ2) is 25.7. The van der Waals surface area contributed by atoms with Crippen LogP contribution >= 0.6 is 0 Å². The maximum atomic E-state index is 12.7. The molecule has 0 bridgehead atoms. The zero-order chi connectivity index (χ0) is 47.5. The molecule has 63 heavy (non-hydrogen) atoms. The molecule has 0 fully saturated rings. The summed E-state index contributed by atoms with van der Waals surface area (Å²) in [5.41, 5.74) is 4.02. The van der Waals surface area contributed by atoms with Crippen LogP contribution in [-0.4, -0.2) is 68.9 Å². The van der Waals surface area contributed by atoms with Crippen LogP contribution in [0.2, 0.25) is 0 Å². The lowest BCUT2D eigenvalue weighted by atomic mass is 9.86. The van der Waals surface area contributed by atoms with Gasteiger partial charge in [-0.15, -0.1) is 0 Å². The highest BCUT2D eigenvalue weighted by Crippen LogP contribution is 2.25. The number of fused-ring (bicyclic) bond motifs is 2. The van der Waals surface area contributed by atoms with E-state index in [2.05, 4.69) is 54.1 Å². The molecule has 0 unspecified atom stereocenters. The first-order valence-corrected chi connectivity index (χ1v) is 22.2. The summed E-state index contributed by atoms with van der Waals surface area (Å²) in [5.74, 6) is -1.16. The summed E-state index contributed by atoms with van der Waals surface area (Å²) in [6.07, 6.45) is 6.98. The predicted octanol–water partition coefficient (Wildman–Crippen LogP) is 9.07. The highest BCUT2D eigenvalue weighted by Gasteiger charge is 2.27. The van der Waals surface area contributed by atoms with Gasteiger partial charge >= 0.3 is 18.2 Å². The maximum absolute atomic E-state index is 12.7. The Bertz CT molecular complexity index is 1850. The second-order valence-electron chi connectivity index (χ2n) is 18.6. The zero-order valence-electron chi connectivity index (χ0n) is 39.7.